The molecule has 0 aliphatic carbocycles. The Hall–Kier alpha value is -3.17. The van der Waals surface area contributed by atoms with Gasteiger partial charge in [0.1, 0.15) is 17.5 Å². The highest BCUT2D eigenvalue weighted by Gasteiger charge is 2.30. The van der Waals surface area contributed by atoms with E-state index in [9.17, 15) is 4.79 Å². The fourth-order valence-electron chi connectivity index (χ4n) is 3.48. The number of ether oxygens (including phenoxy) is 1. The summed E-state index contributed by atoms with van der Waals surface area (Å²) in [5.41, 5.74) is 4.17. The molecule has 29 heavy (non-hydrogen) atoms. The number of aryl methyl sites for hydroxylation is 1. The van der Waals surface area contributed by atoms with Crippen molar-refractivity contribution in [3.63, 3.8) is 0 Å². The van der Waals surface area contributed by atoms with E-state index in [1.807, 2.05) is 37.4 Å². The van der Waals surface area contributed by atoms with Crippen LogP contribution in [0.15, 0.2) is 48.2 Å². The molecule has 0 saturated carbocycles. The number of morpholine rings is 1. The number of fused-ring (bicyclic) bond motifs is 1. The van der Waals surface area contributed by atoms with Crippen molar-refractivity contribution in [1.82, 2.24) is 29.7 Å². The zero-order valence-electron chi connectivity index (χ0n) is 15.7. The smallest absolute Gasteiger partial charge is 0.273 e. The Morgan fingerprint density at radius 3 is 2.86 bits per heavy atom. The summed E-state index contributed by atoms with van der Waals surface area (Å²) >= 11 is 1.48. The van der Waals surface area contributed by atoms with E-state index in [1.54, 1.807) is 27.2 Å². The van der Waals surface area contributed by atoms with Crippen molar-refractivity contribution < 1.29 is 9.53 Å². The molecule has 4 aromatic heterocycles. The van der Waals surface area contributed by atoms with E-state index < -0.39 is 0 Å². The molecule has 5 rings (SSSR count). The van der Waals surface area contributed by atoms with Crippen LogP contribution in [-0.2, 0) is 4.74 Å². The van der Waals surface area contributed by atoms with Crippen LogP contribution in [0.1, 0.15) is 27.3 Å². The SMILES string of the molecule is Cc1nc(C(=O)N2CCO[C@H](c3nnn4cc(-c5ccncc5)ccc34)C2)cs1. The summed E-state index contributed by atoms with van der Waals surface area (Å²) in [6, 6.07) is 7.92. The Kier molecular flexibility index (Phi) is 4.53. The highest BCUT2D eigenvalue weighted by molar-refractivity contribution is 7.09. The number of carbonyl (C=O) groups is 1. The Morgan fingerprint density at radius 2 is 2.07 bits per heavy atom. The van der Waals surface area contributed by atoms with E-state index >= 15 is 0 Å². The molecule has 0 unspecified atom stereocenters. The molecule has 4 aromatic rings. The van der Waals surface area contributed by atoms with Gasteiger partial charge in [-0.3, -0.25) is 9.78 Å². The van der Waals surface area contributed by atoms with Gasteiger partial charge in [-0.1, -0.05) is 11.3 Å². The minimum Gasteiger partial charge on any atom is -0.368 e. The second-order valence-electron chi connectivity index (χ2n) is 6.82. The van der Waals surface area contributed by atoms with Crippen LogP contribution in [0.4, 0.5) is 0 Å². The van der Waals surface area contributed by atoms with Crippen LogP contribution in [0.2, 0.25) is 0 Å². The van der Waals surface area contributed by atoms with Gasteiger partial charge >= 0.3 is 0 Å². The molecular weight excluding hydrogens is 388 g/mol. The van der Waals surface area contributed by atoms with E-state index in [1.165, 1.54) is 11.3 Å². The summed E-state index contributed by atoms with van der Waals surface area (Å²) in [5, 5.41) is 11.3. The third kappa shape index (κ3) is 3.39. The molecule has 1 atom stereocenters. The van der Waals surface area contributed by atoms with Crippen LogP contribution in [0.25, 0.3) is 16.6 Å². The predicted octanol–water partition coefficient (Wildman–Crippen LogP) is 2.77. The number of amides is 1. The van der Waals surface area contributed by atoms with Gasteiger partial charge in [0.15, 0.2) is 0 Å². The molecule has 0 N–H and O–H groups in total. The topological polar surface area (TPSA) is 85.5 Å². The lowest BCUT2D eigenvalue weighted by molar-refractivity contribution is -0.0242. The second kappa shape index (κ2) is 7.34. The Bertz CT molecular complexity index is 1170. The molecule has 0 aromatic carbocycles. The number of nitrogens with zero attached hydrogens (tertiary/aromatic N) is 6. The average Bonchev–Trinajstić information content (AvgIpc) is 3.39. The number of aromatic nitrogens is 5. The van der Waals surface area contributed by atoms with Gasteiger partial charge in [0.2, 0.25) is 0 Å². The summed E-state index contributed by atoms with van der Waals surface area (Å²) < 4.78 is 7.68. The van der Waals surface area contributed by atoms with Gasteiger partial charge in [0.05, 0.1) is 23.7 Å². The first-order valence-corrected chi connectivity index (χ1v) is 10.2. The van der Waals surface area contributed by atoms with Crippen LogP contribution in [0.3, 0.4) is 0 Å². The third-order valence-electron chi connectivity index (χ3n) is 4.95. The molecule has 5 heterocycles. The first-order chi connectivity index (χ1) is 14.2. The van der Waals surface area contributed by atoms with Gasteiger partial charge in [0, 0.05) is 36.1 Å². The molecule has 0 radical (unpaired) electrons. The molecule has 1 fully saturated rings. The van der Waals surface area contributed by atoms with Crippen molar-refractivity contribution in [3.8, 4) is 11.1 Å². The Labute approximate surface area is 170 Å². The zero-order valence-corrected chi connectivity index (χ0v) is 16.5. The molecule has 1 aliphatic rings. The van der Waals surface area contributed by atoms with Crippen LogP contribution in [-0.4, -0.2) is 55.3 Å². The lowest BCUT2D eigenvalue weighted by Gasteiger charge is -2.31. The fourth-order valence-corrected chi connectivity index (χ4v) is 4.07. The van der Waals surface area contributed by atoms with Crippen molar-refractivity contribution in [2.45, 2.75) is 13.0 Å². The van der Waals surface area contributed by atoms with Crippen molar-refractivity contribution in [2.24, 2.45) is 0 Å². The Morgan fingerprint density at radius 1 is 1.21 bits per heavy atom. The maximum atomic E-state index is 12.8. The molecule has 9 heteroatoms. The Balaban J connectivity index is 1.41. The molecule has 1 saturated heterocycles. The first kappa shape index (κ1) is 17.9. The molecular formula is C20H18N6O2S. The molecule has 8 nitrogen and oxygen atoms in total. The molecule has 0 bridgehead atoms. The fraction of sp³-hybridized carbons (Fsp3) is 0.250. The summed E-state index contributed by atoms with van der Waals surface area (Å²) in [6.07, 6.45) is 5.14. The van der Waals surface area contributed by atoms with E-state index in [0.717, 1.165) is 27.3 Å². The lowest BCUT2D eigenvalue weighted by atomic mass is 10.1. The summed E-state index contributed by atoms with van der Waals surface area (Å²) in [5.74, 6) is -0.0703. The summed E-state index contributed by atoms with van der Waals surface area (Å²) in [7, 11) is 0. The molecule has 1 aliphatic heterocycles. The van der Waals surface area contributed by atoms with E-state index in [2.05, 4.69) is 20.3 Å². The number of thiazole rings is 1. The maximum Gasteiger partial charge on any atom is 0.273 e. The molecule has 146 valence electrons. The quantitative estimate of drug-likeness (QED) is 0.520. The predicted molar refractivity (Wildman–Crippen MR) is 108 cm³/mol. The minimum absolute atomic E-state index is 0.0703. The van der Waals surface area contributed by atoms with Crippen molar-refractivity contribution in [3.05, 3.63) is 64.6 Å². The van der Waals surface area contributed by atoms with Crippen molar-refractivity contribution in [2.75, 3.05) is 19.7 Å². The number of hydrogen-bond acceptors (Lipinski definition) is 7. The number of carbonyl (C=O) groups excluding carboxylic acids is 1. The van der Waals surface area contributed by atoms with Crippen LogP contribution in [0, 0.1) is 6.92 Å². The second-order valence-corrected chi connectivity index (χ2v) is 7.88. The highest BCUT2D eigenvalue weighted by atomic mass is 32.1. The summed E-state index contributed by atoms with van der Waals surface area (Å²) in [4.78, 5) is 22.9. The minimum atomic E-state index is -0.322. The lowest BCUT2D eigenvalue weighted by Crippen LogP contribution is -2.42. The van der Waals surface area contributed by atoms with Gasteiger partial charge in [-0.05, 0) is 30.7 Å². The van der Waals surface area contributed by atoms with E-state index in [-0.39, 0.29) is 12.0 Å². The van der Waals surface area contributed by atoms with Gasteiger partial charge in [-0.15, -0.1) is 16.4 Å². The average molecular weight is 406 g/mol. The van der Waals surface area contributed by atoms with Crippen molar-refractivity contribution in [1.29, 1.82) is 0 Å². The van der Waals surface area contributed by atoms with Gasteiger partial charge < -0.3 is 9.64 Å². The molecule has 0 spiro atoms. The monoisotopic (exact) mass is 406 g/mol. The van der Waals surface area contributed by atoms with Gasteiger partial charge in [-0.2, -0.15) is 0 Å². The number of pyridine rings is 2. The van der Waals surface area contributed by atoms with Gasteiger partial charge in [0.25, 0.3) is 5.91 Å². The zero-order chi connectivity index (χ0) is 19.8. The van der Waals surface area contributed by atoms with Crippen LogP contribution in [0.5, 0.6) is 0 Å². The van der Waals surface area contributed by atoms with Crippen LogP contribution >= 0.6 is 11.3 Å². The number of rotatable bonds is 3. The number of hydrogen-bond donors (Lipinski definition) is 0. The normalized spacial score (nSPS) is 17.0. The summed E-state index contributed by atoms with van der Waals surface area (Å²) in [6.45, 7) is 3.31. The maximum absolute atomic E-state index is 12.8. The highest BCUT2D eigenvalue weighted by Crippen LogP contribution is 2.27. The third-order valence-corrected chi connectivity index (χ3v) is 5.72. The van der Waals surface area contributed by atoms with E-state index in [4.69, 9.17) is 4.74 Å². The van der Waals surface area contributed by atoms with Crippen LogP contribution < -0.4 is 0 Å². The molecule has 1 amide bonds. The largest absolute Gasteiger partial charge is 0.368 e. The first-order valence-electron chi connectivity index (χ1n) is 9.27. The standard InChI is InChI=1S/C20H18N6O2S/c1-13-22-16(12-29-13)20(27)25-8-9-28-18(11-25)19-17-3-2-15(10-26(17)24-23-19)14-4-6-21-7-5-14/h2-7,10,12,18H,8-9,11H2,1H3/t18-/m0/s1. The van der Waals surface area contributed by atoms with E-state index in [0.29, 0.717) is 25.4 Å². The van der Waals surface area contributed by atoms with Crippen molar-refractivity contribution >= 4 is 22.8 Å². The van der Waals surface area contributed by atoms with Gasteiger partial charge in [-0.25, -0.2) is 9.50 Å².